The summed E-state index contributed by atoms with van der Waals surface area (Å²) in [5.74, 6) is 0.909. The van der Waals surface area contributed by atoms with Gasteiger partial charge in [0.25, 0.3) is 5.91 Å². The highest BCUT2D eigenvalue weighted by Crippen LogP contribution is 2.31. The third kappa shape index (κ3) is 4.61. The second-order valence-electron chi connectivity index (χ2n) is 6.04. The Morgan fingerprint density at radius 3 is 2.71 bits per heavy atom. The van der Waals surface area contributed by atoms with Crippen LogP contribution in [0.1, 0.15) is 29.0 Å². The molecule has 1 saturated carbocycles. The summed E-state index contributed by atoms with van der Waals surface area (Å²) in [4.78, 5) is 14.3. The summed E-state index contributed by atoms with van der Waals surface area (Å²) in [7, 11) is -3.58. The van der Waals surface area contributed by atoms with Gasteiger partial charge < -0.3 is 13.5 Å². The molecule has 0 saturated heterocycles. The summed E-state index contributed by atoms with van der Waals surface area (Å²) in [6.07, 6.45) is 4.72. The lowest BCUT2D eigenvalue weighted by atomic mass is 10.2. The van der Waals surface area contributed by atoms with E-state index >= 15 is 0 Å². The Balaban J connectivity index is 1.77. The van der Waals surface area contributed by atoms with E-state index < -0.39 is 10.1 Å². The zero-order valence-corrected chi connectivity index (χ0v) is 14.2. The molecule has 0 bridgehead atoms. The van der Waals surface area contributed by atoms with Gasteiger partial charge in [0.15, 0.2) is 5.76 Å². The van der Waals surface area contributed by atoms with E-state index in [-0.39, 0.29) is 11.7 Å². The first-order chi connectivity index (χ1) is 11.4. The van der Waals surface area contributed by atoms with Gasteiger partial charge in [-0.25, -0.2) is 0 Å². The number of hydrogen-bond donors (Lipinski definition) is 0. The Hall–Kier alpha value is -2.28. The first-order valence-electron chi connectivity index (χ1n) is 7.72. The van der Waals surface area contributed by atoms with Crippen LogP contribution in [0.15, 0.2) is 47.1 Å². The smallest absolute Gasteiger partial charge is 0.306 e. The summed E-state index contributed by atoms with van der Waals surface area (Å²) in [6.45, 7) is 1.04. The van der Waals surface area contributed by atoms with Crippen molar-refractivity contribution in [2.24, 2.45) is 5.92 Å². The van der Waals surface area contributed by atoms with Gasteiger partial charge in [-0.1, -0.05) is 12.1 Å². The third-order valence-corrected chi connectivity index (χ3v) is 4.21. The number of carbonyl (C=O) groups is 1. The van der Waals surface area contributed by atoms with Crippen molar-refractivity contribution < 1.29 is 21.8 Å². The number of carbonyl (C=O) groups excluding carboxylic acids is 1. The third-order valence-electron chi connectivity index (χ3n) is 3.71. The van der Waals surface area contributed by atoms with Gasteiger partial charge >= 0.3 is 10.1 Å². The highest BCUT2D eigenvalue weighted by Gasteiger charge is 2.28. The minimum absolute atomic E-state index is 0.165. The lowest BCUT2D eigenvalue weighted by molar-refractivity contribution is 0.0702. The van der Waals surface area contributed by atoms with Crippen molar-refractivity contribution in [2.75, 3.05) is 12.8 Å². The molecule has 0 atom stereocenters. The number of rotatable bonds is 7. The Morgan fingerprint density at radius 1 is 1.29 bits per heavy atom. The summed E-state index contributed by atoms with van der Waals surface area (Å²) in [5, 5.41) is 0. The lowest BCUT2D eigenvalue weighted by Gasteiger charge is -2.22. The maximum absolute atomic E-state index is 12.6. The van der Waals surface area contributed by atoms with Crippen LogP contribution < -0.4 is 4.18 Å². The summed E-state index contributed by atoms with van der Waals surface area (Å²) >= 11 is 0. The normalized spacial score (nSPS) is 14.4. The molecule has 6 nitrogen and oxygen atoms in total. The van der Waals surface area contributed by atoms with Gasteiger partial charge in [0, 0.05) is 13.1 Å². The minimum Gasteiger partial charge on any atom is -0.459 e. The number of benzene rings is 1. The quantitative estimate of drug-likeness (QED) is 0.718. The molecule has 1 fully saturated rings. The van der Waals surface area contributed by atoms with E-state index in [1.807, 2.05) is 6.07 Å². The molecule has 1 amide bonds. The second kappa shape index (κ2) is 6.68. The van der Waals surface area contributed by atoms with Crippen LogP contribution in [-0.2, 0) is 16.7 Å². The summed E-state index contributed by atoms with van der Waals surface area (Å²) in [6, 6.07) is 10.1. The molecule has 0 unspecified atom stereocenters. The molecule has 0 radical (unpaired) electrons. The molecule has 1 heterocycles. The van der Waals surface area contributed by atoms with Crippen LogP contribution in [-0.4, -0.2) is 32.0 Å². The van der Waals surface area contributed by atoms with Crippen molar-refractivity contribution in [1.82, 2.24) is 4.90 Å². The topological polar surface area (TPSA) is 76.8 Å². The van der Waals surface area contributed by atoms with Crippen LogP contribution in [0.2, 0.25) is 0 Å². The van der Waals surface area contributed by atoms with Crippen molar-refractivity contribution in [2.45, 2.75) is 19.4 Å². The van der Waals surface area contributed by atoms with Crippen LogP contribution in [0.25, 0.3) is 0 Å². The minimum atomic E-state index is -3.58. The molecule has 3 rings (SSSR count). The van der Waals surface area contributed by atoms with E-state index in [4.69, 9.17) is 8.60 Å². The van der Waals surface area contributed by atoms with Gasteiger partial charge in [-0.05, 0) is 48.6 Å². The van der Waals surface area contributed by atoms with E-state index in [9.17, 15) is 13.2 Å². The second-order valence-corrected chi connectivity index (χ2v) is 7.62. The zero-order chi connectivity index (χ0) is 17.2. The molecule has 7 heteroatoms. The average molecular weight is 349 g/mol. The van der Waals surface area contributed by atoms with E-state index in [1.165, 1.54) is 6.26 Å². The van der Waals surface area contributed by atoms with Crippen LogP contribution in [0.3, 0.4) is 0 Å². The molecule has 1 aromatic heterocycles. The molecule has 1 aromatic carbocycles. The summed E-state index contributed by atoms with van der Waals surface area (Å²) < 4.78 is 32.6. The van der Waals surface area contributed by atoms with Gasteiger partial charge in [-0.2, -0.15) is 8.42 Å². The summed E-state index contributed by atoms with van der Waals surface area (Å²) in [5.41, 5.74) is 0.803. The SMILES string of the molecule is CS(=O)(=O)Oc1cccc(CN(CC2CC2)C(=O)c2ccco2)c1. The molecule has 1 aliphatic carbocycles. The molecule has 2 aromatic rings. The molecular formula is C17H19NO5S. The number of amides is 1. The number of hydrogen-bond acceptors (Lipinski definition) is 5. The number of furan rings is 1. The van der Waals surface area contributed by atoms with Gasteiger partial charge in [-0.3, -0.25) is 4.79 Å². The molecular weight excluding hydrogens is 330 g/mol. The van der Waals surface area contributed by atoms with Gasteiger partial charge in [0.1, 0.15) is 5.75 Å². The zero-order valence-electron chi connectivity index (χ0n) is 13.3. The van der Waals surface area contributed by atoms with Crippen molar-refractivity contribution in [3.05, 3.63) is 54.0 Å². The first kappa shape index (κ1) is 16.6. The first-order valence-corrected chi connectivity index (χ1v) is 9.53. The van der Waals surface area contributed by atoms with E-state index in [0.717, 1.165) is 24.7 Å². The van der Waals surface area contributed by atoms with Gasteiger partial charge in [-0.15, -0.1) is 0 Å². The fourth-order valence-electron chi connectivity index (χ4n) is 2.48. The fourth-order valence-corrected chi connectivity index (χ4v) is 2.93. The molecule has 1 aliphatic rings. The Bertz CT molecular complexity index is 809. The van der Waals surface area contributed by atoms with Crippen LogP contribution >= 0.6 is 0 Å². The van der Waals surface area contributed by atoms with E-state index in [0.29, 0.717) is 24.8 Å². The highest BCUT2D eigenvalue weighted by atomic mass is 32.2. The standard InChI is InChI=1S/C17H19NO5S/c1-24(20,21)23-15-5-2-4-14(10-15)12-18(11-13-7-8-13)17(19)16-6-3-9-22-16/h2-6,9-10,13H,7-8,11-12H2,1H3. The largest absolute Gasteiger partial charge is 0.459 e. The molecule has 0 aliphatic heterocycles. The lowest BCUT2D eigenvalue weighted by Crippen LogP contribution is -2.32. The Kier molecular flexibility index (Phi) is 4.62. The average Bonchev–Trinajstić information content (AvgIpc) is 3.14. The van der Waals surface area contributed by atoms with Crippen molar-refractivity contribution >= 4 is 16.0 Å². The highest BCUT2D eigenvalue weighted by molar-refractivity contribution is 7.86. The molecule has 0 spiro atoms. The van der Waals surface area contributed by atoms with Crippen LogP contribution in [0.4, 0.5) is 0 Å². The van der Waals surface area contributed by atoms with Crippen molar-refractivity contribution in [1.29, 1.82) is 0 Å². The van der Waals surface area contributed by atoms with Crippen molar-refractivity contribution in [3.8, 4) is 5.75 Å². The molecule has 0 N–H and O–H groups in total. The van der Waals surface area contributed by atoms with E-state index in [1.54, 1.807) is 35.2 Å². The van der Waals surface area contributed by atoms with Gasteiger partial charge in [0.05, 0.1) is 12.5 Å². The number of nitrogens with zero attached hydrogens (tertiary/aromatic N) is 1. The predicted molar refractivity (Wildman–Crippen MR) is 88.1 cm³/mol. The monoisotopic (exact) mass is 349 g/mol. The van der Waals surface area contributed by atoms with Crippen LogP contribution in [0.5, 0.6) is 5.75 Å². The maximum Gasteiger partial charge on any atom is 0.306 e. The Labute approximate surface area is 141 Å². The fraction of sp³-hybridized carbons (Fsp3) is 0.353. The maximum atomic E-state index is 12.6. The molecule has 128 valence electrons. The molecule has 24 heavy (non-hydrogen) atoms. The Morgan fingerprint density at radius 2 is 2.08 bits per heavy atom. The predicted octanol–water partition coefficient (Wildman–Crippen LogP) is 2.67. The van der Waals surface area contributed by atoms with E-state index in [2.05, 4.69) is 0 Å². The van der Waals surface area contributed by atoms with Crippen molar-refractivity contribution in [3.63, 3.8) is 0 Å². The van der Waals surface area contributed by atoms with Crippen LogP contribution in [0, 0.1) is 5.92 Å². The van der Waals surface area contributed by atoms with Gasteiger partial charge in [0.2, 0.25) is 0 Å².